The lowest BCUT2D eigenvalue weighted by Gasteiger charge is -2.38. The molecule has 0 heterocycles. The minimum absolute atomic E-state index is 0.217. The van der Waals surface area contributed by atoms with Crippen LogP contribution in [-0.4, -0.2) is 24.2 Å². The quantitative estimate of drug-likeness (QED) is 0.686. The predicted molar refractivity (Wildman–Crippen MR) is 94.4 cm³/mol. The Bertz CT molecular complexity index is 846. The lowest BCUT2D eigenvalue weighted by molar-refractivity contribution is -0.288. The molecule has 0 radical (unpaired) electrons. The number of alkyl halides is 6. The zero-order valence-electron chi connectivity index (χ0n) is 15.2. The molecule has 0 fully saturated rings. The molecule has 156 valence electrons. The van der Waals surface area contributed by atoms with Gasteiger partial charge in [0, 0.05) is 25.2 Å². The summed E-state index contributed by atoms with van der Waals surface area (Å²) in [5.74, 6) is -1.31. The maximum Gasteiger partial charge on any atom is 0.411 e. The number of halogens is 6. The van der Waals surface area contributed by atoms with Crippen LogP contribution in [0.5, 0.6) is 0 Å². The number of anilines is 2. The van der Waals surface area contributed by atoms with E-state index in [-0.39, 0.29) is 11.4 Å². The predicted octanol–water partition coefficient (Wildman–Crippen LogP) is 5.01. The van der Waals surface area contributed by atoms with Gasteiger partial charge in [-0.25, -0.2) is 0 Å². The first-order valence-electron chi connectivity index (χ1n) is 8.18. The summed E-state index contributed by atoms with van der Waals surface area (Å²) in [5, 5.41) is 4.36. The Morgan fingerprint density at radius 1 is 0.690 bits per heavy atom. The van der Waals surface area contributed by atoms with Crippen molar-refractivity contribution in [1.82, 2.24) is 0 Å². The van der Waals surface area contributed by atoms with Gasteiger partial charge in [-0.3, -0.25) is 9.59 Å². The maximum absolute atomic E-state index is 14.1. The van der Waals surface area contributed by atoms with E-state index in [0.717, 1.165) is 26.0 Å². The average molecular weight is 418 g/mol. The van der Waals surface area contributed by atoms with Crippen LogP contribution in [0.4, 0.5) is 37.7 Å². The number of carbonyl (C=O) groups excluding carboxylic acids is 2. The monoisotopic (exact) mass is 418 g/mol. The summed E-state index contributed by atoms with van der Waals surface area (Å²) in [6, 6.07) is 6.98. The summed E-state index contributed by atoms with van der Waals surface area (Å²) in [6.07, 6.45) is -11.6. The third-order valence-electron chi connectivity index (χ3n) is 4.08. The third kappa shape index (κ3) is 4.36. The Labute approximate surface area is 161 Å². The van der Waals surface area contributed by atoms with Crippen molar-refractivity contribution in [3.05, 3.63) is 59.7 Å². The molecule has 2 amide bonds. The van der Waals surface area contributed by atoms with Crippen LogP contribution in [0.2, 0.25) is 0 Å². The molecule has 4 nitrogen and oxygen atoms in total. The Morgan fingerprint density at radius 2 is 1.03 bits per heavy atom. The second kappa shape index (κ2) is 7.76. The molecule has 0 atom stereocenters. The van der Waals surface area contributed by atoms with Gasteiger partial charge in [-0.2, -0.15) is 26.3 Å². The van der Waals surface area contributed by atoms with Gasteiger partial charge in [0.05, 0.1) is 0 Å². The lowest BCUT2D eigenvalue weighted by Crippen LogP contribution is -2.54. The Morgan fingerprint density at radius 3 is 1.31 bits per heavy atom. The lowest BCUT2D eigenvalue weighted by atomic mass is 9.72. The van der Waals surface area contributed by atoms with Crippen LogP contribution in [0.25, 0.3) is 0 Å². The normalized spacial score (nSPS) is 12.4. The van der Waals surface area contributed by atoms with Crippen molar-refractivity contribution in [2.75, 3.05) is 10.6 Å². The zero-order valence-corrected chi connectivity index (χ0v) is 15.2. The highest BCUT2D eigenvalue weighted by Crippen LogP contribution is 2.56. The fraction of sp³-hybridized carbons (Fsp3) is 0.263. The van der Waals surface area contributed by atoms with Crippen molar-refractivity contribution in [1.29, 1.82) is 0 Å². The molecule has 0 unspecified atom stereocenters. The molecule has 0 saturated heterocycles. The number of benzene rings is 2. The minimum Gasteiger partial charge on any atom is -0.326 e. The van der Waals surface area contributed by atoms with Crippen LogP contribution in [0.1, 0.15) is 25.0 Å². The molecule has 0 aromatic heterocycles. The molecule has 2 rings (SSSR count). The molecular formula is C19H16F6N2O2. The minimum atomic E-state index is -5.78. The van der Waals surface area contributed by atoms with Crippen LogP contribution in [0.3, 0.4) is 0 Å². The van der Waals surface area contributed by atoms with Gasteiger partial charge in [-0.05, 0) is 35.4 Å². The van der Waals surface area contributed by atoms with Gasteiger partial charge in [0.25, 0.3) is 0 Å². The summed E-state index contributed by atoms with van der Waals surface area (Å²) < 4.78 is 84.8. The zero-order chi connectivity index (χ0) is 22.0. The van der Waals surface area contributed by atoms with E-state index in [9.17, 15) is 35.9 Å². The van der Waals surface area contributed by atoms with E-state index in [1.807, 2.05) is 0 Å². The summed E-state index contributed by atoms with van der Waals surface area (Å²) in [7, 11) is 0. The van der Waals surface area contributed by atoms with E-state index in [2.05, 4.69) is 10.6 Å². The molecule has 10 heteroatoms. The van der Waals surface area contributed by atoms with E-state index in [1.165, 1.54) is 12.1 Å². The SMILES string of the molecule is CC(=O)Nc1cccc(C(c2cccc(NC(C)=O)c2)(C(F)(F)F)C(F)(F)F)c1. The second-order valence-corrected chi connectivity index (χ2v) is 6.27. The molecule has 0 aliphatic carbocycles. The van der Waals surface area contributed by atoms with Gasteiger partial charge in [-0.15, -0.1) is 0 Å². The average Bonchev–Trinajstić information content (AvgIpc) is 2.52. The highest BCUT2D eigenvalue weighted by molar-refractivity contribution is 5.89. The molecule has 0 bridgehead atoms. The fourth-order valence-corrected chi connectivity index (χ4v) is 3.05. The van der Waals surface area contributed by atoms with Crippen LogP contribution in [0, 0.1) is 0 Å². The topological polar surface area (TPSA) is 58.2 Å². The first kappa shape index (κ1) is 22.3. The van der Waals surface area contributed by atoms with Crippen LogP contribution < -0.4 is 10.6 Å². The van der Waals surface area contributed by atoms with Gasteiger partial charge in [0.1, 0.15) is 0 Å². The van der Waals surface area contributed by atoms with Gasteiger partial charge < -0.3 is 10.6 Å². The highest BCUT2D eigenvalue weighted by Gasteiger charge is 2.72. The first-order chi connectivity index (χ1) is 13.3. The van der Waals surface area contributed by atoms with Crippen LogP contribution in [-0.2, 0) is 15.0 Å². The van der Waals surface area contributed by atoms with E-state index in [1.54, 1.807) is 0 Å². The molecule has 2 aromatic rings. The molecule has 0 aliphatic heterocycles. The second-order valence-electron chi connectivity index (χ2n) is 6.27. The van der Waals surface area contributed by atoms with Gasteiger partial charge in [-0.1, -0.05) is 24.3 Å². The third-order valence-corrected chi connectivity index (χ3v) is 4.08. The number of nitrogens with one attached hydrogen (secondary N) is 2. The van der Waals surface area contributed by atoms with Crippen molar-refractivity contribution in [2.24, 2.45) is 0 Å². The summed E-state index contributed by atoms with van der Waals surface area (Å²) >= 11 is 0. The number of amides is 2. The molecule has 0 aliphatic rings. The summed E-state index contributed by atoms with van der Waals surface area (Å²) in [6.45, 7) is 2.15. The number of hydrogen-bond acceptors (Lipinski definition) is 2. The Kier molecular flexibility index (Phi) is 5.96. The van der Waals surface area contributed by atoms with E-state index >= 15 is 0 Å². The van der Waals surface area contributed by atoms with Crippen LogP contribution >= 0.6 is 0 Å². The molecule has 29 heavy (non-hydrogen) atoms. The van der Waals surface area contributed by atoms with E-state index in [0.29, 0.717) is 24.3 Å². The van der Waals surface area contributed by atoms with E-state index in [4.69, 9.17) is 0 Å². The van der Waals surface area contributed by atoms with Crippen molar-refractivity contribution in [3.8, 4) is 0 Å². The number of rotatable bonds is 4. The van der Waals surface area contributed by atoms with Gasteiger partial charge >= 0.3 is 12.4 Å². The smallest absolute Gasteiger partial charge is 0.326 e. The van der Waals surface area contributed by atoms with Crippen molar-refractivity contribution < 1.29 is 35.9 Å². The standard InChI is InChI=1S/C19H16F6N2O2/c1-11(28)26-15-7-3-5-13(9-15)17(18(20,21)22,19(23,24)25)14-6-4-8-16(10-14)27-12(2)29/h3-10H,1-2H3,(H,26,28)(H,27,29). The van der Waals surface area contributed by atoms with Gasteiger partial charge in [0.2, 0.25) is 17.2 Å². The molecular weight excluding hydrogens is 402 g/mol. The summed E-state index contributed by atoms with van der Waals surface area (Å²) in [5.41, 5.74) is -7.06. The molecule has 2 aromatic carbocycles. The highest BCUT2D eigenvalue weighted by atomic mass is 19.4. The van der Waals surface area contributed by atoms with Crippen LogP contribution in [0.15, 0.2) is 48.5 Å². The maximum atomic E-state index is 14.1. The molecule has 0 spiro atoms. The van der Waals surface area contributed by atoms with Crippen molar-refractivity contribution >= 4 is 23.2 Å². The number of carbonyl (C=O) groups is 2. The number of hydrogen-bond donors (Lipinski definition) is 2. The Balaban J connectivity index is 2.85. The molecule has 0 saturated carbocycles. The molecule has 2 N–H and O–H groups in total. The van der Waals surface area contributed by atoms with Gasteiger partial charge in [0.15, 0.2) is 0 Å². The van der Waals surface area contributed by atoms with E-state index < -0.39 is 40.7 Å². The first-order valence-corrected chi connectivity index (χ1v) is 8.18. The van der Waals surface area contributed by atoms with Crippen molar-refractivity contribution in [3.63, 3.8) is 0 Å². The Hall–Kier alpha value is -3.04. The summed E-state index contributed by atoms with van der Waals surface area (Å²) in [4.78, 5) is 22.4. The fourth-order valence-electron chi connectivity index (χ4n) is 3.05. The largest absolute Gasteiger partial charge is 0.411 e. The van der Waals surface area contributed by atoms with Crippen molar-refractivity contribution in [2.45, 2.75) is 31.6 Å².